The summed E-state index contributed by atoms with van der Waals surface area (Å²) < 4.78 is 40.1. The first-order valence-electron chi connectivity index (χ1n) is 6.14. The summed E-state index contributed by atoms with van der Waals surface area (Å²) in [5.41, 5.74) is 0. The number of esters is 1. The molecule has 122 valence electrons. The van der Waals surface area contributed by atoms with E-state index in [0.29, 0.717) is 19.3 Å². The largest absolute Gasteiger partial charge is 0.468 e. The van der Waals surface area contributed by atoms with Crippen LogP contribution in [-0.2, 0) is 9.53 Å². The summed E-state index contributed by atoms with van der Waals surface area (Å²) in [6.45, 7) is 1.62. The van der Waals surface area contributed by atoms with E-state index < -0.39 is 23.3 Å². The summed E-state index contributed by atoms with van der Waals surface area (Å²) in [7, 11) is 1.24. The second kappa shape index (κ2) is 11.4. The van der Waals surface area contributed by atoms with Crippen LogP contribution in [0.2, 0.25) is 0 Å². The smallest absolute Gasteiger partial charge is 0.389 e. The quantitative estimate of drug-likeness (QED) is 0.385. The van der Waals surface area contributed by atoms with Crippen molar-refractivity contribution in [2.24, 2.45) is 0 Å². The monoisotopic (exact) mass is 328 g/mol. The van der Waals surface area contributed by atoms with Crippen LogP contribution in [0.5, 0.6) is 0 Å². The van der Waals surface area contributed by atoms with E-state index in [2.05, 4.69) is 10.7 Å². The molecule has 0 fully saturated rings. The molecule has 0 radical (unpaired) electrons. The molecule has 0 heterocycles. The van der Waals surface area contributed by atoms with Gasteiger partial charge in [0.2, 0.25) is 0 Å². The molecular formula is C13H19F3O4S. The van der Waals surface area contributed by atoms with Gasteiger partial charge in [0, 0.05) is 22.1 Å². The molecule has 0 aliphatic rings. The SMILES string of the molecule is C#CCCCCC(C)(SCCC(F)(F)F)C(=O)OC.O=O. The Bertz CT molecular complexity index is 341. The molecule has 4 nitrogen and oxygen atoms in total. The van der Waals surface area contributed by atoms with E-state index in [1.807, 2.05) is 0 Å². The predicted molar refractivity (Wildman–Crippen MR) is 77.6 cm³/mol. The van der Waals surface area contributed by atoms with Crippen LogP contribution >= 0.6 is 11.8 Å². The van der Waals surface area contributed by atoms with Gasteiger partial charge in [-0.1, -0.05) is 6.42 Å². The normalized spacial score (nSPS) is 13.3. The van der Waals surface area contributed by atoms with Gasteiger partial charge in [-0.3, -0.25) is 4.79 Å². The zero-order chi connectivity index (χ0) is 16.9. The third-order valence-corrected chi connectivity index (χ3v) is 4.06. The molecule has 1 atom stereocenters. The van der Waals surface area contributed by atoms with Crippen molar-refractivity contribution in [1.82, 2.24) is 0 Å². The number of carbonyl (C=O) groups is 1. The molecular weight excluding hydrogens is 309 g/mol. The Balaban J connectivity index is 0. The van der Waals surface area contributed by atoms with Crippen molar-refractivity contribution < 1.29 is 22.7 Å². The van der Waals surface area contributed by atoms with Crippen LogP contribution in [0.4, 0.5) is 13.2 Å². The van der Waals surface area contributed by atoms with Crippen LogP contribution in [-0.4, -0.2) is 29.8 Å². The van der Waals surface area contributed by atoms with E-state index in [1.165, 1.54) is 7.11 Å². The highest BCUT2D eigenvalue weighted by Gasteiger charge is 2.36. The Hall–Kier alpha value is -1.23. The van der Waals surface area contributed by atoms with Gasteiger partial charge in [0.05, 0.1) is 13.5 Å². The van der Waals surface area contributed by atoms with Crippen molar-refractivity contribution in [2.45, 2.75) is 50.0 Å². The number of terminal acetylenes is 1. The van der Waals surface area contributed by atoms with E-state index in [-0.39, 0.29) is 5.75 Å². The standard InChI is InChI=1S/C13H19F3O2S.O2/c1-4-5-6-7-8-12(2,11(17)18-3)19-10-9-13(14,15)16;1-2/h1H,5-10H2,2-3H3;. The van der Waals surface area contributed by atoms with Gasteiger partial charge < -0.3 is 4.74 Å². The number of rotatable bonds is 8. The maximum atomic E-state index is 12.1. The topological polar surface area (TPSA) is 60.4 Å². The lowest BCUT2D eigenvalue weighted by Gasteiger charge is -2.26. The maximum absolute atomic E-state index is 12.1. The molecule has 0 saturated heterocycles. The third-order valence-electron chi connectivity index (χ3n) is 2.65. The number of thioether (sulfide) groups is 1. The Morgan fingerprint density at radius 2 is 1.81 bits per heavy atom. The molecule has 8 heteroatoms. The minimum absolute atomic E-state index is 0.149. The molecule has 0 spiro atoms. The number of hydrogen-bond acceptors (Lipinski definition) is 5. The van der Waals surface area contributed by atoms with Gasteiger partial charge in [-0.25, -0.2) is 0 Å². The van der Waals surface area contributed by atoms with Gasteiger partial charge in [-0.2, -0.15) is 13.2 Å². The minimum Gasteiger partial charge on any atom is -0.468 e. The van der Waals surface area contributed by atoms with E-state index in [9.17, 15) is 18.0 Å². The number of unbranched alkanes of at least 4 members (excludes halogenated alkanes) is 2. The fourth-order valence-corrected chi connectivity index (χ4v) is 2.80. The maximum Gasteiger partial charge on any atom is 0.389 e. The fraction of sp³-hybridized carbons (Fsp3) is 0.769. The van der Waals surface area contributed by atoms with Crippen molar-refractivity contribution in [3.63, 3.8) is 0 Å². The first kappa shape index (κ1) is 22.1. The molecule has 0 bridgehead atoms. The van der Waals surface area contributed by atoms with Gasteiger partial charge in [0.25, 0.3) is 0 Å². The molecule has 0 amide bonds. The Kier molecular flexibility index (Phi) is 12.0. The Morgan fingerprint density at radius 3 is 2.24 bits per heavy atom. The number of ether oxygens (including phenoxy) is 1. The molecule has 21 heavy (non-hydrogen) atoms. The molecule has 0 N–H and O–H groups in total. The van der Waals surface area contributed by atoms with Crippen molar-refractivity contribution in [3.8, 4) is 12.3 Å². The number of halogens is 3. The minimum atomic E-state index is -4.20. The molecule has 0 aliphatic carbocycles. The predicted octanol–water partition coefficient (Wildman–Crippen LogP) is 3.86. The summed E-state index contributed by atoms with van der Waals surface area (Å²) in [5.74, 6) is 1.85. The summed E-state index contributed by atoms with van der Waals surface area (Å²) in [6.07, 6.45) is 2.52. The van der Waals surface area contributed by atoms with Crippen LogP contribution in [0, 0.1) is 22.3 Å². The van der Waals surface area contributed by atoms with Gasteiger partial charge in [-0.15, -0.1) is 24.1 Å². The fourth-order valence-electron chi connectivity index (χ4n) is 1.53. The highest BCUT2D eigenvalue weighted by Crippen LogP contribution is 2.34. The van der Waals surface area contributed by atoms with Gasteiger partial charge in [0.15, 0.2) is 0 Å². The van der Waals surface area contributed by atoms with E-state index >= 15 is 0 Å². The van der Waals surface area contributed by atoms with Crippen LogP contribution in [0.15, 0.2) is 0 Å². The van der Waals surface area contributed by atoms with E-state index in [4.69, 9.17) is 16.4 Å². The summed E-state index contributed by atoms with van der Waals surface area (Å²) in [4.78, 5) is 25.7. The van der Waals surface area contributed by atoms with Gasteiger partial charge in [0.1, 0.15) is 4.75 Å². The number of carbonyl (C=O) groups excluding carboxylic acids is 1. The van der Waals surface area contributed by atoms with Crippen LogP contribution in [0.1, 0.15) is 39.0 Å². The first-order chi connectivity index (χ1) is 9.75. The highest BCUT2D eigenvalue weighted by molar-refractivity contribution is 8.01. The number of methoxy groups -OCH3 is 1. The Labute approximate surface area is 126 Å². The van der Waals surface area contributed by atoms with E-state index in [1.54, 1.807) is 6.92 Å². The second-order valence-electron chi connectivity index (χ2n) is 4.35. The molecule has 0 saturated carbocycles. The average Bonchev–Trinajstić information content (AvgIpc) is 2.43. The van der Waals surface area contributed by atoms with Crippen molar-refractivity contribution in [2.75, 3.05) is 12.9 Å². The average molecular weight is 328 g/mol. The lowest BCUT2D eigenvalue weighted by molar-refractivity contribution is -0.143. The zero-order valence-electron chi connectivity index (χ0n) is 12.0. The zero-order valence-corrected chi connectivity index (χ0v) is 12.8. The van der Waals surface area contributed by atoms with Crippen LogP contribution < -0.4 is 0 Å². The summed E-state index contributed by atoms with van der Waals surface area (Å²) >= 11 is 0.995. The second-order valence-corrected chi connectivity index (χ2v) is 5.95. The molecule has 0 aromatic carbocycles. The Morgan fingerprint density at radius 1 is 1.24 bits per heavy atom. The highest BCUT2D eigenvalue weighted by atomic mass is 32.2. The lowest BCUT2D eigenvalue weighted by Crippen LogP contribution is -2.33. The lowest BCUT2D eigenvalue weighted by atomic mass is 10.0. The third kappa shape index (κ3) is 11.1. The van der Waals surface area contributed by atoms with Crippen molar-refractivity contribution in [3.05, 3.63) is 9.93 Å². The molecule has 0 rings (SSSR count). The van der Waals surface area contributed by atoms with Crippen LogP contribution in [0.3, 0.4) is 0 Å². The summed E-state index contributed by atoms with van der Waals surface area (Å²) in [6, 6.07) is 0. The van der Waals surface area contributed by atoms with Gasteiger partial charge >= 0.3 is 12.1 Å². The van der Waals surface area contributed by atoms with Gasteiger partial charge in [-0.05, 0) is 19.8 Å². The first-order valence-corrected chi connectivity index (χ1v) is 7.13. The molecule has 0 aliphatic heterocycles. The molecule has 0 aromatic rings. The van der Waals surface area contributed by atoms with Crippen molar-refractivity contribution >= 4 is 17.7 Å². The summed E-state index contributed by atoms with van der Waals surface area (Å²) in [5, 5.41) is 0. The molecule has 1 unspecified atom stereocenters. The number of alkyl halides is 3. The van der Waals surface area contributed by atoms with Crippen LogP contribution in [0.25, 0.3) is 0 Å². The molecule has 0 aromatic heterocycles. The van der Waals surface area contributed by atoms with Crippen molar-refractivity contribution in [1.29, 1.82) is 0 Å². The van der Waals surface area contributed by atoms with E-state index in [0.717, 1.165) is 18.2 Å². The number of hydrogen-bond donors (Lipinski definition) is 0.